The van der Waals surface area contributed by atoms with Gasteiger partial charge >= 0.3 is 0 Å². The van der Waals surface area contributed by atoms with Gasteiger partial charge in [0.15, 0.2) is 0 Å². The highest BCUT2D eigenvalue weighted by molar-refractivity contribution is 9.10. The van der Waals surface area contributed by atoms with E-state index >= 15 is 0 Å². The van der Waals surface area contributed by atoms with Gasteiger partial charge in [-0.15, -0.1) is 0 Å². The van der Waals surface area contributed by atoms with Gasteiger partial charge in [0.2, 0.25) is 5.95 Å². The molecular weight excluding hydrogens is 347 g/mol. The van der Waals surface area contributed by atoms with Crippen LogP contribution in [0.25, 0.3) is 0 Å². The molecule has 0 spiro atoms. The zero-order chi connectivity index (χ0) is 15.7. The van der Waals surface area contributed by atoms with Crippen LogP contribution in [0.2, 0.25) is 0 Å². The first-order valence-electron chi connectivity index (χ1n) is 7.06. The van der Waals surface area contributed by atoms with Crippen LogP contribution in [0, 0.1) is 24.1 Å². The maximum Gasteiger partial charge on any atom is 0.227 e. The first kappa shape index (κ1) is 14.9. The largest absolute Gasteiger partial charge is 0.334 e. The quantitative estimate of drug-likeness (QED) is 0.814. The molecule has 1 unspecified atom stereocenters. The van der Waals surface area contributed by atoms with Gasteiger partial charge in [-0.3, -0.25) is 0 Å². The lowest BCUT2D eigenvalue weighted by Gasteiger charge is -2.25. The third-order valence-corrected chi connectivity index (χ3v) is 4.44. The lowest BCUT2D eigenvalue weighted by atomic mass is 10.0. The van der Waals surface area contributed by atoms with E-state index in [0.29, 0.717) is 16.1 Å². The van der Waals surface area contributed by atoms with Crippen LogP contribution in [0.3, 0.4) is 0 Å². The highest BCUT2D eigenvalue weighted by Gasteiger charge is 2.29. The molecule has 1 fully saturated rings. The van der Waals surface area contributed by atoms with Crippen molar-refractivity contribution in [3.8, 4) is 6.07 Å². The molecule has 0 bridgehead atoms. The average Bonchev–Trinajstić information content (AvgIpc) is 2.99. The molecule has 0 saturated carbocycles. The molecule has 1 atom stereocenters. The van der Waals surface area contributed by atoms with Gasteiger partial charge in [0, 0.05) is 12.2 Å². The summed E-state index contributed by atoms with van der Waals surface area (Å²) in [6.45, 7) is 2.65. The second-order valence-electron chi connectivity index (χ2n) is 5.33. The van der Waals surface area contributed by atoms with Gasteiger partial charge < -0.3 is 4.90 Å². The third-order valence-electron chi connectivity index (χ3n) is 3.80. The molecule has 1 aliphatic heterocycles. The summed E-state index contributed by atoms with van der Waals surface area (Å²) in [5.74, 6) is 0.273. The van der Waals surface area contributed by atoms with Crippen LogP contribution >= 0.6 is 15.9 Å². The Morgan fingerprint density at radius 1 is 1.36 bits per heavy atom. The zero-order valence-corrected chi connectivity index (χ0v) is 13.6. The number of nitriles is 1. The SMILES string of the molecule is Cc1cc(C#N)nc(N2CCCC2c2ccc(Br)c(F)c2)n1. The van der Waals surface area contributed by atoms with Gasteiger partial charge in [0.1, 0.15) is 17.6 Å². The Labute approximate surface area is 136 Å². The molecule has 2 aromatic rings. The summed E-state index contributed by atoms with van der Waals surface area (Å²) in [4.78, 5) is 10.8. The maximum atomic E-state index is 13.8. The van der Waals surface area contributed by atoms with Crippen molar-refractivity contribution >= 4 is 21.9 Å². The fraction of sp³-hybridized carbons (Fsp3) is 0.312. The molecule has 112 valence electrons. The Morgan fingerprint density at radius 2 is 2.18 bits per heavy atom. The Bertz CT molecular complexity index is 756. The summed E-state index contributed by atoms with van der Waals surface area (Å²) in [5.41, 5.74) is 2.02. The number of hydrogen-bond acceptors (Lipinski definition) is 4. The van der Waals surface area contributed by atoms with E-state index in [1.807, 2.05) is 13.0 Å². The molecule has 3 rings (SSSR count). The smallest absolute Gasteiger partial charge is 0.227 e. The number of aromatic nitrogens is 2. The molecule has 1 aromatic heterocycles. The Kier molecular flexibility index (Phi) is 4.08. The molecule has 2 heterocycles. The summed E-state index contributed by atoms with van der Waals surface area (Å²) in [6, 6.07) is 8.94. The zero-order valence-electron chi connectivity index (χ0n) is 12.1. The Morgan fingerprint density at radius 3 is 2.91 bits per heavy atom. The standard InChI is InChI=1S/C16H14BrFN4/c1-10-7-12(9-19)21-16(20-10)22-6-2-3-15(22)11-4-5-13(17)14(18)8-11/h4-5,7-8,15H,2-3,6H2,1H3. The number of halogens is 2. The van der Waals surface area contributed by atoms with Crippen LogP contribution in [-0.4, -0.2) is 16.5 Å². The minimum absolute atomic E-state index is 0.0379. The van der Waals surface area contributed by atoms with Crippen LogP contribution in [-0.2, 0) is 0 Å². The van der Waals surface area contributed by atoms with Crippen LogP contribution < -0.4 is 4.90 Å². The number of aryl methyl sites for hydroxylation is 1. The normalized spacial score (nSPS) is 17.5. The van der Waals surface area contributed by atoms with Crippen molar-refractivity contribution in [1.82, 2.24) is 9.97 Å². The molecule has 0 amide bonds. The molecule has 1 aliphatic rings. The highest BCUT2D eigenvalue weighted by atomic mass is 79.9. The molecule has 1 saturated heterocycles. The molecule has 6 heteroatoms. The number of nitrogens with zero attached hydrogens (tertiary/aromatic N) is 4. The summed E-state index contributed by atoms with van der Waals surface area (Å²) in [6.07, 6.45) is 1.90. The van der Waals surface area contributed by atoms with Crippen LogP contribution in [0.15, 0.2) is 28.7 Å². The third kappa shape index (κ3) is 2.81. The van der Waals surface area contributed by atoms with Crippen LogP contribution in [0.5, 0.6) is 0 Å². The predicted octanol–water partition coefficient (Wildman–Crippen LogP) is 3.90. The second-order valence-corrected chi connectivity index (χ2v) is 6.19. The van der Waals surface area contributed by atoms with Crippen molar-refractivity contribution in [3.05, 3.63) is 51.5 Å². The average molecular weight is 361 g/mol. The molecule has 4 nitrogen and oxygen atoms in total. The molecular formula is C16H14BrFN4. The summed E-state index contributed by atoms with van der Waals surface area (Å²) < 4.78 is 14.3. The number of hydrogen-bond donors (Lipinski definition) is 0. The van der Waals surface area contributed by atoms with E-state index in [-0.39, 0.29) is 11.9 Å². The minimum Gasteiger partial charge on any atom is -0.334 e. The van der Waals surface area contributed by atoms with Crippen molar-refractivity contribution in [1.29, 1.82) is 5.26 Å². The van der Waals surface area contributed by atoms with E-state index < -0.39 is 0 Å². The first-order chi connectivity index (χ1) is 10.6. The van der Waals surface area contributed by atoms with Crippen molar-refractivity contribution in [2.75, 3.05) is 11.4 Å². The van der Waals surface area contributed by atoms with E-state index in [1.54, 1.807) is 18.2 Å². The molecule has 0 N–H and O–H groups in total. The summed E-state index contributed by atoms with van der Waals surface area (Å²) in [7, 11) is 0. The summed E-state index contributed by atoms with van der Waals surface area (Å²) in [5, 5.41) is 9.07. The predicted molar refractivity (Wildman–Crippen MR) is 84.9 cm³/mol. The van der Waals surface area contributed by atoms with Crippen molar-refractivity contribution in [2.24, 2.45) is 0 Å². The van der Waals surface area contributed by atoms with Gasteiger partial charge in [-0.1, -0.05) is 6.07 Å². The Balaban J connectivity index is 1.98. The van der Waals surface area contributed by atoms with Gasteiger partial charge in [-0.05, 0) is 59.5 Å². The van der Waals surface area contributed by atoms with Gasteiger partial charge in [0.25, 0.3) is 0 Å². The lowest BCUT2D eigenvalue weighted by Crippen LogP contribution is -2.25. The van der Waals surface area contributed by atoms with Gasteiger partial charge in [-0.25, -0.2) is 14.4 Å². The lowest BCUT2D eigenvalue weighted by molar-refractivity contribution is 0.611. The van der Waals surface area contributed by atoms with Gasteiger partial charge in [-0.2, -0.15) is 5.26 Å². The van der Waals surface area contributed by atoms with Crippen LogP contribution in [0.1, 0.15) is 35.8 Å². The van der Waals surface area contributed by atoms with E-state index in [2.05, 4.69) is 36.9 Å². The minimum atomic E-state index is -0.271. The maximum absolute atomic E-state index is 13.8. The summed E-state index contributed by atoms with van der Waals surface area (Å²) >= 11 is 3.18. The molecule has 1 aromatic carbocycles. The topological polar surface area (TPSA) is 52.8 Å². The highest BCUT2D eigenvalue weighted by Crippen LogP contribution is 2.35. The number of anilines is 1. The van der Waals surface area contributed by atoms with E-state index in [0.717, 1.165) is 30.6 Å². The Hall–Kier alpha value is -2.00. The fourth-order valence-electron chi connectivity index (χ4n) is 2.81. The number of benzene rings is 1. The van der Waals surface area contributed by atoms with Crippen molar-refractivity contribution in [2.45, 2.75) is 25.8 Å². The molecule has 0 radical (unpaired) electrons. The first-order valence-corrected chi connectivity index (χ1v) is 7.85. The van der Waals surface area contributed by atoms with Gasteiger partial charge in [0.05, 0.1) is 10.5 Å². The van der Waals surface area contributed by atoms with E-state index in [9.17, 15) is 4.39 Å². The fourth-order valence-corrected chi connectivity index (χ4v) is 3.06. The molecule has 22 heavy (non-hydrogen) atoms. The van der Waals surface area contributed by atoms with Crippen molar-refractivity contribution < 1.29 is 4.39 Å². The van der Waals surface area contributed by atoms with E-state index in [4.69, 9.17) is 5.26 Å². The monoisotopic (exact) mass is 360 g/mol. The molecule has 0 aliphatic carbocycles. The second kappa shape index (κ2) is 6.01. The van der Waals surface area contributed by atoms with Crippen molar-refractivity contribution in [3.63, 3.8) is 0 Å². The van der Waals surface area contributed by atoms with Crippen LogP contribution in [0.4, 0.5) is 10.3 Å². The van der Waals surface area contributed by atoms with E-state index in [1.165, 1.54) is 0 Å². The number of rotatable bonds is 2.